The van der Waals surface area contributed by atoms with Crippen LogP contribution in [0.25, 0.3) is 49.9 Å². The number of nitrogens with one attached hydrogen (secondary N) is 1. The second-order valence-corrected chi connectivity index (χ2v) is 11.0. The van der Waals surface area contributed by atoms with Crippen molar-refractivity contribution in [2.75, 3.05) is 16.5 Å². The zero-order valence-electron chi connectivity index (χ0n) is 23.4. The van der Waals surface area contributed by atoms with Crippen molar-refractivity contribution in [1.29, 1.82) is 0 Å². The van der Waals surface area contributed by atoms with Gasteiger partial charge in [0.05, 0.1) is 23.7 Å². The minimum Gasteiger partial charge on any atom is -0.454 e. The van der Waals surface area contributed by atoms with Crippen molar-refractivity contribution < 1.29 is 4.42 Å². The third-order valence-corrected chi connectivity index (χ3v) is 8.64. The van der Waals surface area contributed by atoms with Crippen LogP contribution in [0.3, 0.4) is 0 Å². The van der Waals surface area contributed by atoms with E-state index in [2.05, 4.69) is 155 Å². The topological polar surface area (TPSA) is 31.6 Å². The number of furan rings is 1. The molecule has 1 N–H and O–H groups in total. The van der Waals surface area contributed by atoms with Gasteiger partial charge < -0.3 is 19.5 Å². The van der Waals surface area contributed by atoms with Crippen molar-refractivity contribution >= 4 is 50.4 Å². The lowest BCUT2D eigenvalue weighted by Gasteiger charge is -2.29. The molecule has 0 spiro atoms. The van der Waals surface area contributed by atoms with E-state index < -0.39 is 0 Å². The normalized spacial score (nSPS) is 13.7. The molecule has 9 rings (SSSR count). The van der Waals surface area contributed by atoms with Crippen molar-refractivity contribution in [2.45, 2.75) is 0 Å². The molecule has 7 aromatic rings. The highest BCUT2D eigenvalue weighted by molar-refractivity contribution is 6.16. The Balaban J connectivity index is 1.32. The molecule has 0 amide bonds. The Hall–Kier alpha value is -5.74. The lowest BCUT2D eigenvalue weighted by Crippen LogP contribution is -2.23. The number of para-hydroxylation sites is 2. The molecular formula is C39H27N3O. The summed E-state index contributed by atoms with van der Waals surface area (Å²) in [5.74, 6) is 0. The number of fused-ring (bicyclic) bond motifs is 9. The summed E-state index contributed by atoms with van der Waals surface area (Å²) in [6.45, 7) is 0.708. The van der Waals surface area contributed by atoms with Gasteiger partial charge in [0.1, 0.15) is 5.58 Å². The van der Waals surface area contributed by atoms with Gasteiger partial charge in [0.15, 0.2) is 5.58 Å². The van der Waals surface area contributed by atoms with E-state index in [4.69, 9.17) is 4.42 Å². The molecule has 4 nitrogen and oxygen atoms in total. The molecule has 0 unspecified atom stereocenters. The first-order chi connectivity index (χ1) is 21.3. The smallest absolute Gasteiger partial charge is 0.160 e. The molecule has 0 saturated heterocycles. The molecule has 4 heteroatoms. The Labute approximate surface area is 249 Å². The summed E-state index contributed by atoms with van der Waals surface area (Å²) in [4.78, 5) is 4.73. The summed E-state index contributed by atoms with van der Waals surface area (Å²) in [7, 11) is 0. The molecule has 0 saturated carbocycles. The maximum absolute atomic E-state index is 6.72. The summed E-state index contributed by atoms with van der Waals surface area (Å²) >= 11 is 0. The largest absolute Gasteiger partial charge is 0.454 e. The zero-order chi connectivity index (χ0) is 28.3. The quantitative estimate of drug-likeness (QED) is 0.236. The highest BCUT2D eigenvalue weighted by atomic mass is 16.3. The molecule has 0 radical (unpaired) electrons. The molecule has 3 heterocycles. The van der Waals surface area contributed by atoms with Crippen molar-refractivity contribution in [3.63, 3.8) is 0 Å². The van der Waals surface area contributed by atoms with Gasteiger partial charge in [0, 0.05) is 39.5 Å². The van der Waals surface area contributed by atoms with E-state index in [-0.39, 0.29) is 0 Å². The average Bonchev–Trinajstić information content (AvgIpc) is 3.69. The Bertz CT molecular complexity index is 2210. The van der Waals surface area contributed by atoms with Gasteiger partial charge in [-0.25, -0.2) is 0 Å². The van der Waals surface area contributed by atoms with E-state index >= 15 is 0 Å². The predicted octanol–water partition coefficient (Wildman–Crippen LogP) is 10.1. The SMILES string of the molecule is C1=C(c2ccccc2)N(c2cccc(N3c4ccccc4-c4ccccc4-c4ccc5c(oc6ccccc65)c43)c2)CN1. The van der Waals surface area contributed by atoms with Crippen LogP contribution in [0, 0.1) is 0 Å². The summed E-state index contributed by atoms with van der Waals surface area (Å²) in [6.07, 6.45) is 2.10. The molecule has 2 aliphatic heterocycles. The van der Waals surface area contributed by atoms with Crippen LogP contribution < -0.4 is 15.1 Å². The molecule has 204 valence electrons. The number of hydrogen-bond acceptors (Lipinski definition) is 4. The Kier molecular flexibility index (Phi) is 5.23. The van der Waals surface area contributed by atoms with Crippen molar-refractivity contribution in [1.82, 2.24) is 5.32 Å². The van der Waals surface area contributed by atoms with Crippen LogP contribution in [0.15, 0.2) is 150 Å². The van der Waals surface area contributed by atoms with Gasteiger partial charge in [-0.2, -0.15) is 0 Å². The van der Waals surface area contributed by atoms with Crippen molar-refractivity contribution in [3.05, 3.63) is 151 Å². The van der Waals surface area contributed by atoms with Crippen molar-refractivity contribution in [3.8, 4) is 22.3 Å². The van der Waals surface area contributed by atoms with Crippen LogP contribution in [-0.2, 0) is 0 Å². The Morgan fingerprint density at radius 1 is 0.558 bits per heavy atom. The van der Waals surface area contributed by atoms with E-state index in [1.54, 1.807) is 0 Å². The van der Waals surface area contributed by atoms with E-state index in [1.165, 1.54) is 22.3 Å². The van der Waals surface area contributed by atoms with Gasteiger partial charge in [-0.05, 0) is 53.1 Å². The minimum absolute atomic E-state index is 0.708. The van der Waals surface area contributed by atoms with E-state index in [0.29, 0.717) is 6.67 Å². The van der Waals surface area contributed by atoms with Gasteiger partial charge in [0.25, 0.3) is 0 Å². The molecule has 0 atom stereocenters. The third-order valence-electron chi connectivity index (χ3n) is 8.64. The van der Waals surface area contributed by atoms with Crippen LogP contribution in [0.2, 0.25) is 0 Å². The maximum atomic E-state index is 6.72. The number of nitrogens with zero attached hydrogens (tertiary/aromatic N) is 2. The van der Waals surface area contributed by atoms with Crippen LogP contribution in [0.4, 0.5) is 22.7 Å². The summed E-state index contributed by atoms with van der Waals surface area (Å²) < 4.78 is 6.72. The van der Waals surface area contributed by atoms with Crippen LogP contribution in [0.5, 0.6) is 0 Å². The fourth-order valence-corrected chi connectivity index (χ4v) is 6.73. The molecule has 1 aromatic heterocycles. The van der Waals surface area contributed by atoms with Gasteiger partial charge >= 0.3 is 0 Å². The highest BCUT2D eigenvalue weighted by Crippen LogP contribution is 2.54. The van der Waals surface area contributed by atoms with E-state index in [0.717, 1.165) is 55.9 Å². The van der Waals surface area contributed by atoms with Crippen LogP contribution in [-0.4, -0.2) is 6.67 Å². The van der Waals surface area contributed by atoms with E-state index in [1.807, 2.05) is 6.07 Å². The van der Waals surface area contributed by atoms with Gasteiger partial charge in [-0.1, -0.05) is 103 Å². The van der Waals surface area contributed by atoms with Gasteiger partial charge in [0.2, 0.25) is 0 Å². The van der Waals surface area contributed by atoms with Crippen molar-refractivity contribution in [2.24, 2.45) is 0 Å². The lowest BCUT2D eigenvalue weighted by atomic mass is 9.94. The minimum atomic E-state index is 0.708. The summed E-state index contributed by atoms with van der Waals surface area (Å²) in [5, 5.41) is 5.69. The molecule has 0 fully saturated rings. The highest BCUT2D eigenvalue weighted by Gasteiger charge is 2.30. The molecule has 2 aliphatic rings. The molecule has 0 aliphatic carbocycles. The van der Waals surface area contributed by atoms with Gasteiger partial charge in [-0.15, -0.1) is 0 Å². The monoisotopic (exact) mass is 553 g/mol. The first kappa shape index (κ1) is 23.9. The van der Waals surface area contributed by atoms with Crippen LogP contribution in [0.1, 0.15) is 5.56 Å². The van der Waals surface area contributed by atoms with Gasteiger partial charge in [-0.3, -0.25) is 0 Å². The lowest BCUT2D eigenvalue weighted by molar-refractivity contribution is 0.669. The fourth-order valence-electron chi connectivity index (χ4n) is 6.73. The predicted molar refractivity (Wildman–Crippen MR) is 178 cm³/mol. The molecule has 6 aromatic carbocycles. The summed E-state index contributed by atoms with van der Waals surface area (Å²) in [5.41, 5.74) is 13.3. The second-order valence-electron chi connectivity index (χ2n) is 11.0. The third kappa shape index (κ3) is 3.63. The first-order valence-corrected chi connectivity index (χ1v) is 14.6. The van der Waals surface area contributed by atoms with E-state index in [9.17, 15) is 0 Å². The average molecular weight is 554 g/mol. The maximum Gasteiger partial charge on any atom is 0.160 e. The van der Waals surface area contributed by atoms with Crippen LogP contribution >= 0.6 is 0 Å². The first-order valence-electron chi connectivity index (χ1n) is 14.6. The number of rotatable bonds is 3. The Morgan fingerprint density at radius 2 is 1.28 bits per heavy atom. The summed E-state index contributed by atoms with van der Waals surface area (Å²) in [6, 6.07) is 49.6. The number of benzene rings is 6. The fraction of sp³-hybridized carbons (Fsp3) is 0.0256. The molecule has 0 bridgehead atoms. The number of anilines is 4. The number of hydrogen-bond donors (Lipinski definition) is 1. The second kappa shape index (κ2) is 9.40. The molecular weight excluding hydrogens is 526 g/mol. The Morgan fingerprint density at radius 3 is 2.16 bits per heavy atom. The zero-order valence-corrected chi connectivity index (χ0v) is 23.4. The molecule has 43 heavy (non-hydrogen) atoms. The standard InChI is InChI=1S/C39H27N3O/c1-2-11-26(12-3-1)36-24-40-25-41(36)27-13-10-14-28(23-27)42-35-19-8-6-17-31(35)29-15-4-5-16-30(29)33-21-22-34-32-18-7-9-20-37(32)43-39(34)38(33)42/h1-24,40H,25H2.